The van der Waals surface area contributed by atoms with E-state index in [4.69, 9.17) is 4.74 Å². The van der Waals surface area contributed by atoms with Crippen LogP contribution in [0.15, 0.2) is 24.3 Å². The summed E-state index contributed by atoms with van der Waals surface area (Å²) in [5.41, 5.74) is 1.05. The Bertz CT molecular complexity index is 554. The van der Waals surface area contributed by atoms with E-state index in [2.05, 4.69) is 17.1 Å². The first-order chi connectivity index (χ1) is 11.7. The van der Waals surface area contributed by atoms with E-state index in [-0.39, 0.29) is 18.2 Å². The summed E-state index contributed by atoms with van der Waals surface area (Å²) in [5.74, 6) is 0.567. The Morgan fingerprint density at radius 3 is 2.54 bits per heavy atom. The van der Waals surface area contributed by atoms with Crippen LogP contribution in [-0.2, 0) is 9.59 Å². The first kappa shape index (κ1) is 18.1. The molecule has 0 spiro atoms. The Morgan fingerprint density at radius 2 is 1.88 bits per heavy atom. The van der Waals surface area contributed by atoms with Crippen molar-refractivity contribution in [2.75, 3.05) is 44.7 Å². The molecule has 1 aromatic carbocycles. The maximum Gasteiger partial charge on any atom is 0.232 e. The minimum Gasteiger partial charge on any atom is -0.495 e. The predicted molar refractivity (Wildman–Crippen MR) is 94.3 cm³/mol. The van der Waals surface area contributed by atoms with Gasteiger partial charge in [0.1, 0.15) is 12.2 Å². The van der Waals surface area contributed by atoms with Gasteiger partial charge in [-0.1, -0.05) is 25.5 Å². The minimum absolute atomic E-state index is 0.0572. The van der Waals surface area contributed by atoms with Crippen molar-refractivity contribution in [1.82, 2.24) is 10.2 Å². The number of carbonyl (C=O) groups excluding carboxylic acids is 2. The topological polar surface area (TPSA) is 61.9 Å². The van der Waals surface area contributed by atoms with Gasteiger partial charge < -0.3 is 19.9 Å². The molecule has 24 heavy (non-hydrogen) atoms. The molecule has 1 fully saturated rings. The molecule has 1 N–H and O–H groups in total. The Kier molecular flexibility index (Phi) is 6.90. The monoisotopic (exact) mass is 333 g/mol. The van der Waals surface area contributed by atoms with Gasteiger partial charge in [0, 0.05) is 32.7 Å². The molecule has 2 amide bonds. The summed E-state index contributed by atoms with van der Waals surface area (Å²) in [6, 6.07) is 7.89. The number of para-hydroxylation sites is 2. The summed E-state index contributed by atoms with van der Waals surface area (Å²) in [4.78, 5) is 28.0. The summed E-state index contributed by atoms with van der Waals surface area (Å²) in [7, 11) is 1.66. The fourth-order valence-electron chi connectivity index (χ4n) is 2.80. The molecule has 1 heterocycles. The van der Waals surface area contributed by atoms with E-state index in [1.165, 1.54) is 0 Å². The van der Waals surface area contributed by atoms with Crippen molar-refractivity contribution in [2.45, 2.75) is 26.2 Å². The van der Waals surface area contributed by atoms with E-state index in [1.807, 2.05) is 24.3 Å². The fourth-order valence-corrected chi connectivity index (χ4v) is 2.80. The molecule has 0 saturated carbocycles. The number of nitrogens with zero attached hydrogens (tertiary/aromatic N) is 2. The zero-order chi connectivity index (χ0) is 17.4. The molecule has 0 aromatic heterocycles. The molecule has 0 bridgehead atoms. The number of hydrogen-bond acceptors (Lipinski definition) is 4. The highest BCUT2D eigenvalue weighted by Gasteiger charge is 2.24. The van der Waals surface area contributed by atoms with Gasteiger partial charge in [-0.15, -0.1) is 0 Å². The lowest BCUT2D eigenvalue weighted by Gasteiger charge is -2.36. The number of ether oxygens (including phenoxy) is 1. The predicted octanol–water partition coefficient (Wildman–Crippen LogP) is 1.65. The second-order valence-electron chi connectivity index (χ2n) is 5.92. The van der Waals surface area contributed by atoms with Gasteiger partial charge in [0.2, 0.25) is 11.8 Å². The Hall–Kier alpha value is -2.24. The van der Waals surface area contributed by atoms with Crippen LogP contribution in [-0.4, -0.2) is 56.5 Å². The third-order valence-electron chi connectivity index (χ3n) is 4.22. The van der Waals surface area contributed by atoms with Gasteiger partial charge in [-0.3, -0.25) is 9.59 Å². The van der Waals surface area contributed by atoms with Gasteiger partial charge in [0.05, 0.1) is 12.8 Å². The smallest absolute Gasteiger partial charge is 0.232 e. The van der Waals surface area contributed by atoms with Gasteiger partial charge in [-0.05, 0) is 18.6 Å². The molecular formula is C18H27N3O3. The second kappa shape index (κ2) is 9.15. The van der Waals surface area contributed by atoms with Crippen LogP contribution in [0.1, 0.15) is 26.2 Å². The molecule has 1 aliphatic heterocycles. The van der Waals surface area contributed by atoms with Crippen LogP contribution in [0.2, 0.25) is 0 Å². The molecule has 1 aliphatic rings. The molecule has 132 valence electrons. The number of carbonyl (C=O) groups is 2. The van der Waals surface area contributed by atoms with Crippen LogP contribution in [0.25, 0.3) is 0 Å². The molecule has 0 unspecified atom stereocenters. The minimum atomic E-state index is -0.180. The standard InChI is InChI=1S/C18H27N3O3/c1-3-4-9-19-17(22)14-18(23)21-12-10-20(11-13-21)15-7-5-6-8-16(15)24-2/h5-8H,3-4,9-14H2,1-2H3,(H,19,22). The van der Waals surface area contributed by atoms with Crippen molar-refractivity contribution in [3.8, 4) is 5.75 Å². The van der Waals surface area contributed by atoms with Crippen LogP contribution in [0.5, 0.6) is 5.75 Å². The second-order valence-corrected chi connectivity index (χ2v) is 5.92. The number of anilines is 1. The van der Waals surface area contributed by atoms with Gasteiger partial charge >= 0.3 is 0 Å². The highest BCUT2D eigenvalue weighted by Crippen LogP contribution is 2.28. The van der Waals surface area contributed by atoms with Gasteiger partial charge in [-0.25, -0.2) is 0 Å². The van der Waals surface area contributed by atoms with Gasteiger partial charge in [0.25, 0.3) is 0 Å². The summed E-state index contributed by atoms with van der Waals surface area (Å²) in [6.45, 7) is 5.44. The summed E-state index contributed by atoms with van der Waals surface area (Å²) < 4.78 is 5.40. The Balaban J connectivity index is 1.81. The number of nitrogens with one attached hydrogen (secondary N) is 1. The number of unbranched alkanes of at least 4 members (excludes halogenated alkanes) is 1. The Morgan fingerprint density at radius 1 is 1.17 bits per heavy atom. The van der Waals surface area contributed by atoms with E-state index in [1.54, 1.807) is 12.0 Å². The van der Waals surface area contributed by atoms with E-state index < -0.39 is 0 Å². The van der Waals surface area contributed by atoms with Crippen LogP contribution in [0, 0.1) is 0 Å². The summed E-state index contributed by atoms with van der Waals surface area (Å²) in [5, 5.41) is 2.79. The maximum absolute atomic E-state index is 12.2. The summed E-state index contributed by atoms with van der Waals surface area (Å²) in [6.07, 6.45) is 1.91. The third kappa shape index (κ3) is 4.88. The third-order valence-corrected chi connectivity index (χ3v) is 4.22. The van der Waals surface area contributed by atoms with Crippen molar-refractivity contribution in [3.63, 3.8) is 0 Å². The van der Waals surface area contributed by atoms with Crippen molar-refractivity contribution in [2.24, 2.45) is 0 Å². The molecular weight excluding hydrogens is 306 g/mol. The van der Waals surface area contributed by atoms with Crippen LogP contribution >= 0.6 is 0 Å². The summed E-state index contributed by atoms with van der Waals surface area (Å²) >= 11 is 0. The van der Waals surface area contributed by atoms with Gasteiger partial charge in [-0.2, -0.15) is 0 Å². The highest BCUT2D eigenvalue weighted by atomic mass is 16.5. The van der Waals surface area contributed by atoms with Crippen molar-refractivity contribution < 1.29 is 14.3 Å². The lowest BCUT2D eigenvalue weighted by Crippen LogP contribution is -2.49. The first-order valence-corrected chi connectivity index (χ1v) is 8.58. The molecule has 0 atom stereocenters. The molecule has 6 nitrogen and oxygen atoms in total. The largest absolute Gasteiger partial charge is 0.495 e. The SMILES string of the molecule is CCCCNC(=O)CC(=O)N1CCN(c2ccccc2OC)CC1. The number of piperazine rings is 1. The van der Waals surface area contributed by atoms with E-state index >= 15 is 0 Å². The maximum atomic E-state index is 12.2. The number of rotatable bonds is 7. The van der Waals surface area contributed by atoms with Crippen LogP contribution in [0.3, 0.4) is 0 Å². The number of methoxy groups -OCH3 is 1. The molecule has 6 heteroatoms. The zero-order valence-electron chi connectivity index (χ0n) is 14.6. The van der Waals surface area contributed by atoms with Crippen molar-refractivity contribution in [3.05, 3.63) is 24.3 Å². The van der Waals surface area contributed by atoms with Crippen LogP contribution < -0.4 is 15.0 Å². The van der Waals surface area contributed by atoms with E-state index in [0.717, 1.165) is 37.4 Å². The van der Waals surface area contributed by atoms with Crippen molar-refractivity contribution >= 4 is 17.5 Å². The number of hydrogen-bond donors (Lipinski definition) is 1. The molecule has 0 radical (unpaired) electrons. The molecule has 0 aliphatic carbocycles. The zero-order valence-corrected chi connectivity index (χ0v) is 14.6. The molecule has 2 rings (SSSR count). The van der Waals surface area contributed by atoms with Crippen molar-refractivity contribution in [1.29, 1.82) is 0 Å². The van der Waals surface area contributed by atoms with Gasteiger partial charge in [0.15, 0.2) is 0 Å². The quantitative estimate of drug-likeness (QED) is 0.609. The lowest BCUT2D eigenvalue weighted by atomic mass is 10.2. The average molecular weight is 333 g/mol. The highest BCUT2D eigenvalue weighted by molar-refractivity contribution is 5.97. The average Bonchev–Trinajstić information content (AvgIpc) is 2.62. The first-order valence-electron chi connectivity index (χ1n) is 8.58. The Labute approximate surface area is 143 Å². The molecule has 1 saturated heterocycles. The van der Waals surface area contributed by atoms with Crippen LogP contribution in [0.4, 0.5) is 5.69 Å². The lowest BCUT2D eigenvalue weighted by molar-refractivity contribution is -0.136. The normalized spacial score (nSPS) is 14.4. The molecule has 1 aromatic rings. The fraction of sp³-hybridized carbons (Fsp3) is 0.556. The number of amides is 2. The van der Waals surface area contributed by atoms with E-state index in [9.17, 15) is 9.59 Å². The number of benzene rings is 1. The van der Waals surface area contributed by atoms with E-state index in [0.29, 0.717) is 19.6 Å².